The van der Waals surface area contributed by atoms with Gasteiger partial charge in [0.2, 0.25) is 5.91 Å². The molecule has 2 aromatic heterocycles. The molecule has 5 N–H and O–H groups in total. The highest BCUT2D eigenvalue weighted by molar-refractivity contribution is 5.98. The number of nitrogens with zero attached hydrogens (tertiary/aromatic N) is 3. The number of aromatic nitrogens is 3. The molecule has 0 bridgehead atoms. The Morgan fingerprint density at radius 1 is 0.978 bits per heavy atom. The van der Waals surface area contributed by atoms with Gasteiger partial charge in [-0.2, -0.15) is 18.3 Å². The van der Waals surface area contributed by atoms with Crippen molar-refractivity contribution in [3.05, 3.63) is 96.3 Å². The summed E-state index contributed by atoms with van der Waals surface area (Å²) in [5, 5.41) is 30.1. The molecule has 0 aliphatic carbocycles. The smallest absolute Gasteiger partial charge is 0.480 e. The molecule has 12 nitrogen and oxygen atoms in total. The Hall–Kier alpha value is -5.73. The Morgan fingerprint density at radius 3 is 2.33 bits per heavy atom. The van der Waals surface area contributed by atoms with Crippen molar-refractivity contribution in [3.8, 4) is 0 Å². The lowest BCUT2D eigenvalue weighted by Gasteiger charge is -2.14. The molecule has 1 atom stereocenters. The van der Waals surface area contributed by atoms with Gasteiger partial charge in [-0.3, -0.25) is 14.3 Å². The number of fused-ring (bicyclic) bond motifs is 1. The number of aryl methyl sites for hydroxylation is 1. The summed E-state index contributed by atoms with van der Waals surface area (Å²) in [6.45, 7) is 1.16. The number of alkyl halides is 3. The van der Waals surface area contributed by atoms with Gasteiger partial charge < -0.3 is 26.2 Å². The fourth-order valence-corrected chi connectivity index (χ4v) is 3.77. The molecule has 0 saturated carbocycles. The number of carbonyl (C=O) groups excluding carboxylic acids is 2. The van der Waals surface area contributed by atoms with Crippen molar-refractivity contribution >= 4 is 46.5 Å². The fourth-order valence-electron chi connectivity index (χ4n) is 3.77. The molecule has 236 valence electrons. The van der Waals surface area contributed by atoms with Crippen molar-refractivity contribution in [2.45, 2.75) is 25.2 Å². The van der Waals surface area contributed by atoms with E-state index in [1.165, 1.54) is 6.08 Å². The third kappa shape index (κ3) is 11.1. The van der Waals surface area contributed by atoms with Crippen LogP contribution in [0, 0.1) is 0 Å². The van der Waals surface area contributed by atoms with Crippen LogP contribution in [0.25, 0.3) is 17.0 Å². The van der Waals surface area contributed by atoms with Crippen LogP contribution in [-0.4, -0.2) is 74.0 Å². The maximum absolute atomic E-state index is 12.7. The number of benzene rings is 2. The Balaban J connectivity index is 0.000000707. The van der Waals surface area contributed by atoms with E-state index >= 15 is 0 Å². The number of halogens is 3. The number of carbonyl (C=O) groups is 4. The summed E-state index contributed by atoms with van der Waals surface area (Å²) in [5.74, 6) is -4.20. The molecule has 0 aliphatic heterocycles. The SMILES string of the molecule is O=C(/C=C/c1ccccc1)N[C@@H](CNC(=O)c1ccc2c(cnn2CCCNc2ccccn2)c1)C(=O)O.O=C(O)C(F)(F)F. The lowest BCUT2D eigenvalue weighted by Crippen LogP contribution is -2.48. The minimum atomic E-state index is -5.08. The van der Waals surface area contributed by atoms with E-state index in [1.54, 1.807) is 30.6 Å². The predicted molar refractivity (Wildman–Crippen MR) is 158 cm³/mol. The van der Waals surface area contributed by atoms with E-state index in [0.717, 1.165) is 35.2 Å². The Bertz CT molecular complexity index is 1630. The van der Waals surface area contributed by atoms with Crippen LogP contribution >= 0.6 is 0 Å². The van der Waals surface area contributed by atoms with Gasteiger partial charge in [0.1, 0.15) is 11.9 Å². The summed E-state index contributed by atoms with van der Waals surface area (Å²) in [7, 11) is 0. The highest BCUT2D eigenvalue weighted by Crippen LogP contribution is 2.17. The number of carboxylic acids is 2. The Morgan fingerprint density at radius 2 is 1.69 bits per heavy atom. The summed E-state index contributed by atoms with van der Waals surface area (Å²) < 4.78 is 33.6. The van der Waals surface area contributed by atoms with E-state index in [0.29, 0.717) is 12.1 Å². The maximum atomic E-state index is 12.7. The van der Waals surface area contributed by atoms with Gasteiger partial charge in [0, 0.05) is 42.9 Å². The molecule has 2 amide bonds. The number of carboxylic acid groups (broad SMARTS) is 2. The van der Waals surface area contributed by atoms with Crippen LogP contribution in [0.5, 0.6) is 0 Å². The lowest BCUT2D eigenvalue weighted by atomic mass is 10.1. The topological polar surface area (TPSA) is 176 Å². The maximum Gasteiger partial charge on any atom is 0.490 e. The van der Waals surface area contributed by atoms with Gasteiger partial charge >= 0.3 is 18.1 Å². The van der Waals surface area contributed by atoms with Crippen LogP contribution in [-0.2, 0) is 20.9 Å². The van der Waals surface area contributed by atoms with Crippen LogP contribution in [0.4, 0.5) is 19.0 Å². The first-order chi connectivity index (χ1) is 21.4. The van der Waals surface area contributed by atoms with Gasteiger partial charge in [-0.15, -0.1) is 0 Å². The Kier molecular flexibility index (Phi) is 12.2. The molecule has 2 aromatic carbocycles. The normalized spacial score (nSPS) is 11.7. The second-order valence-corrected chi connectivity index (χ2v) is 9.29. The van der Waals surface area contributed by atoms with Crippen LogP contribution in [0.15, 0.2) is 85.2 Å². The quantitative estimate of drug-likeness (QED) is 0.116. The van der Waals surface area contributed by atoms with Gasteiger partial charge in [0.15, 0.2) is 0 Å². The van der Waals surface area contributed by atoms with E-state index in [4.69, 9.17) is 9.90 Å². The van der Waals surface area contributed by atoms with Gasteiger partial charge in [-0.05, 0) is 48.4 Å². The van der Waals surface area contributed by atoms with Crippen LogP contribution < -0.4 is 16.0 Å². The summed E-state index contributed by atoms with van der Waals surface area (Å²) >= 11 is 0. The monoisotopic (exact) mass is 626 g/mol. The van der Waals surface area contributed by atoms with Crippen molar-refractivity contribution in [3.63, 3.8) is 0 Å². The molecule has 0 unspecified atom stereocenters. The van der Waals surface area contributed by atoms with Crippen molar-refractivity contribution in [2.75, 3.05) is 18.4 Å². The molecule has 45 heavy (non-hydrogen) atoms. The van der Waals surface area contributed by atoms with Crippen LogP contribution in [0.2, 0.25) is 0 Å². The molecular formula is C30H29F3N6O6. The van der Waals surface area contributed by atoms with Gasteiger partial charge in [0.25, 0.3) is 5.91 Å². The summed E-state index contributed by atoms with van der Waals surface area (Å²) in [4.78, 5) is 49.6. The zero-order chi connectivity index (χ0) is 32.8. The van der Waals surface area contributed by atoms with E-state index in [-0.39, 0.29) is 6.54 Å². The molecule has 0 saturated heterocycles. The van der Waals surface area contributed by atoms with Crippen molar-refractivity contribution in [1.82, 2.24) is 25.4 Å². The fraction of sp³-hybridized carbons (Fsp3) is 0.200. The zero-order valence-electron chi connectivity index (χ0n) is 23.6. The number of hydrogen-bond acceptors (Lipinski definition) is 7. The lowest BCUT2D eigenvalue weighted by molar-refractivity contribution is -0.192. The number of amides is 2. The van der Waals surface area contributed by atoms with Crippen molar-refractivity contribution in [1.29, 1.82) is 0 Å². The van der Waals surface area contributed by atoms with Crippen molar-refractivity contribution < 1.29 is 42.6 Å². The number of hydrogen-bond donors (Lipinski definition) is 5. The van der Waals surface area contributed by atoms with Gasteiger partial charge in [0.05, 0.1) is 11.7 Å². The number of rotatable bonds is 12. The molecule has 0 spiro atoms. The third-order valence-electron chi connectivity index (χ3n) is 5.97. The molecule has 4 rings (SSSR count). The van der Waals surface area contributed by atoms with Gasteiger partial charge in [-0.25, -0.2) is 14.6 Å². The van der Waals surface area contributed by atoms with Crippen molar-refractivity contribution in [2.24, 2.45) is 0 Å². The largest absolute Gasteiger partial charge is 0.490 e. The Labute approximate surface area is 254 Å². The molecule has 0 radical (unpaired) electrons. The number of nitrogens with one attached hydrogen (secondary N) is 3. The second-order valence-electron chi connectivity index (χ2n) is 9.29. The summed E-state index contributed by atoms with van der Waals surface area (Å²) in [6.07, 6.45) is 2.02. The van der Waals surface area contributed by atoms with E-state index in [9.17, 15) is 32.7 Å². The van der Waals surface area contributed by atoms with E-state index in [1.807, 2.05) is 59.3 Å². The average molecular weight is 627 g/mol. The third-order valence-corrected chi connectivity index (χ3v) is 5.97. The predicted octanol–water partition coefficient (Wildman–Crippen LogP) is 3.58. The number of anilines is 1. The summed E-state index contributed by atoms with van der Waals surface area (Å²) in [5.41, 5.74) is 2.07. The molecule has 4 aromatic rings. The molecule has 2 heterocycles. The number of pyridine rings is 1. The number of aliphatic carboxylic acids is 2. The first-order valence-corrected chi connectivity index (χ1v) is 13.4. The van der Waals surface area contributed by atoms with E-state index < -0.39 is 36.0 Å². The van der Waals surface area contributed by atoms with E-state index in [2.05, 4.69) is 26.0 Å². The van der Waals surface area contributed by atoms with Crippen LogP contribution in [0.3, 0.4) is 0 Å². The molecule has 15 heteroatoms. The molecule has 0 fully saturated rings. The first-order valence-electron chi connectivity index (χ1n) is 13.4. The first kappa shape index (κ1) is 33.8. The molecular weight excluding hydrogens is 597 g/mol. The molecule has 0 aliphatic rings. The standard InChI is InChI=1S/C28H28N6O4.C2HF3O2/c35-26(13-10-20-7-2-1-3-8-20)33-23(28(37)38)19-31-27(36)21-11-12-24-22(17-21)18-32-34(24)16-6-15-30-25-9-4-5-14-29-25;3-2(4,5)1(6)7/h1-5,7-14,17-18,23H,6,15-16,19H2,(H,29,30)(H,31,36)(H,33,35)(H,37,38);(H,6,7)/b13-10+;/t23-;/m0./s1. The van der Waals surface area contributed by atoms with Crippen LogP contribution in [0.1, 0.15) is 22.3 Å². The van der Waals surface area contributed by atoms with Gasteiger partial charge in [-0.1, -0.05) is 36.4 Å². The highest BCUT2D eigenvalue weighted by atomic mass is 19.4. The summed E-state index contributed by atoms with van der Waals surface area (Å²) in [6, 6.07) is 18.8. The minimum absolute atomic E-state index is 0.264. The highest BCUT2D eigenvalue weighted by Gasteiger charge is 2.38. The average Bonchev–Trinajstić information content (AvgIpc) is 3.43. The second kappa shape index (κ2) is 16.2. The zero-order valence-corrected chi connectivity index (χ0v) is 23.6. The minimum Gasteiger partial charge on any atom is -0.480 e.